The largest absolute Gasteiger partial charge is 0.479 e. The van der Waals surface area contributed by atoms with E-state index in [4.69, 9.17) is 5.11 Å². The van der Waals surface area contributed by atoms with Crippen molar-refractivity contribution < 1.29 is 19.8 Å². The monoisotopic (exact) mass is 286 g/mol. The Bertz CT molecular complexity index is 414. The molecule has 0 amide bonds. The van der Waals surface area contributed by atoms with Crippen molar-refractivity contribution in [1.82, 2.24) is 0 Å². The van der Waals surface area contributed by atoms with E-state index in [2.05, 4.69) is 15.9 Å². The Kier molecular flexibility index (Phi) is 4.20. The van der Waals surface area contributed by atoms with Crippen molar-refractivity contribution in [2.45, 2.75) is 17.9 Å². The molecular formula is C11H11BrO4. The number of halogens is 1. The van der Waals surface area contributed by atoms with Crippen LogP contribution < -0.4 is 0 Å². The number of aliphatic carboxylic acids is 1. The van der Waals surface area contributed by atoms with Crippen LogP contribution in [0.4, 0.5) is 0 Å². The zero-order valence-corrected chi connectivity index (χ0v) is 10.1. The molecule has 4 nitrogen and oxygen atoms in total. The summed E-state index contributed by atoms with van der Waals surface area (Å²) < 4.78 is 0. The third kappa shape index (κ3) is 2.68. The van der Waals surface area contributed by atoms with Gasteiger partial charge >= 0.3 is 5.97 Å². The molecular weight excluding hydrogens is 276 g/mol. The second kappa shape index (κ2) is 5.23. The minimum absolute atomic E-state index is 0.117. The van der Waals surface area contributed by atoms with E-state index in [0.717, 1.165) is 0 Å². The number of carbonyl (C=O) groups is 2. The first-order valence-electron chi connectivity index (χ1n) is 4.63. The van der Waals surface area contributed by atoms with E-state index in [9.17, 15) is 14.7 Å². The van der Waals surface area contributed by atoms with Gasteiger partial charge in [0.05, 0.1) is 4.83 Å². The number of carboxylic acids is 1. The normalized spacial score (nSPS) is 14.2. The highest BCUT2D eigenvalue weighted by atomic mass is 79.9. The molecule has 1 aromatic carbocycles. The second-order valence-electron chi connectivity index (χ2n) is 3.31. The lowest BCUT2D eigenvalue weighted by atomic mass is 9.98. The number of alkyl halides is 1. The summed E-state index contributed by atoms with van der Waals surface area (Å²) >= 11 is 3.12. The summed E-state index contributed by atoms with van der Waals surface area (Å²) in [5.41, 5.74) is 0.341. The molecule has 86 valence electrons. The number of Topliss-reactive ketones (excluding diaryl/α,β-unsaturated/α-hetero) is 1. The van der Waals surface area contributed by atoms with E-state index in [-0.39, 0.29) is 16.9 Å². The van der Waals surface area contributed by atoms with Gasteiger partial charge in [-0.15, -0.1) is 0 Å². The van der Waals surface area contributed by atoms with E-state index in [1.165, 1.54) is 12.1 Å². The minimum atomic E-state index is -1.67. The summed E-state index contributed by atoms with van der Waals surface area (Å²) in [6.45, 7) is 1.65. The molecule has 0 radical (unpaired) electrons. The maximum absolute atomic E-state index is 11.7. The lowest BCUT2D eigenvalue weighted by Crippen LogP contribution is -2.18. The number of aliphatic hydroxyl groups is 1. The number of ketones is 1. The van der Waals surface area contributed by atoms with Crippen molar-refractivity contribution in [2.75, 3.05) is 0 Å². The van der Waals surface area contributed by atoms with E-state index in [1.807, 2.05) is 0 Å². The topological polar surface area (TPSA) is 74.6 Å². The van der Waals surface area contributed by atoms with Crippen LogP contribution in [0.2, 0.25) is 0 Å². The van der Waals surface area contributed by atoms with Gasteiger partial charge in [-0.2, -0.15) is 0 Å². The predicted octanol–water partition coefficient (Wildman–Crippen LogP) is 1.77. The van der Waals surface area contributed by atoms with E-state index in [0.29, 0.717) is 0 Å². The second-order valence-corrected chi connectivity index (χ2v) is 4.68. The summed E-state index contributed by atoms with van der Waals surface area (Å²) in [5.74, 6) is -1.63. The van der Waals surface area contributed by atoms with Gasteiger partial charge in [0.2, 0.25) is 0 Å². The molecule has 1 aromatic rings. The Balaban J connectivity index is 3.20. The molecule has 0 saturated carbocycles. The van der Waals surface area contributed by atoms with Crippen LogP contribution in [0.1, 0.15) is 28.9 Å². The molecule has 0 heterocycles. The van der Waals surface area contributed by atoms with Crippen molar-refractivity contribution in [3.63, 3.8) is 0 Å². The molecule has 0 bridgehead atoms. The highest BCUT2D eigenvalue weighted by Gasteiger charge is 2.23. The predicted molar refractivity (Wildman–Crippen MR) is 61.8 cm³/mol. The van der Waals surface area contributed by atoms with E-state index in [1.54, 1.807) is 19.1 Å². The molecule has 1 rings (SSSR count). The van der Waals surface area contributed by atoms with Crippen LogP contribution in [0.25, 0.3) is 0 Å². The number of rotatable bonds is 4. The number of aliphatic hydroxyl groups excluding tert-OH is 1. The molecule has 0 aliphatic heterocycles. The molecule has 2 N–H and O–H groups in total. The van der Waals surface area contributed by atoms with Gasteiger partial charge in [0, 0.05) is 11.1 Å². The van der Waals surface area contributed by atoms with Crippen molar-refractivity contribution in [2.24, 2.45) is 0 Å². The number of hydrogen-bond donors (Lipinski definition) is 2. The van der Waals surface area contributed by atoms with E-state index >= 15 is 0 Å². The number of carbonyl (C=O) groups excluding carboxylic acids is 1. The molecule has 2 unspecified atom stereocenters. The number of carboxylic acid groups (broad SMARTS) is 1. The molecule has 5 heteroatoms. The van der Waals surface area contributed by atoms with Crippen LogP contribution in [-0.4, -0.2) is 26.8 Å². The first-order chi connectivity index (χ1) is 7.45. The summed E-state index contributed by atoms with van der Waals surface area (Å²) in [5, 5.41) is 18.1. The smallest absolute Gasteiger partial charge is 0.337 e. The molecule has 16 heavy (non-hydrogen) atoms. The third-order valence-electron chi connectivity index (χ3n) is 2.12. The van der Waals surface area contributed by atoms with Crippen molar-refractivity contribution in [1.29, 1.82) is 0 Å². The molecule has 0 aliphatic rings. The average molecular weight is 287 g/mol. The van der Waals surface area contributed by atoms with Gasteiger partial charge in [0.1, 0.15) is 0 Å². The molecule has 2 atom stereocenters. The van der Waals surface area contributed by atoms with Crippen LogP contribution in [0.3, 0.4) is 0 Å². The Labute approximate surface area is 101 Å². The van der Waals surface area contributed by atoms with Crippen LogP contribution in [0.5, 0.6) is 0 Å². The van der Waals surface area contributed by atoms with E-state index < -0.39 is 16.9 Å². The summed E-state index contributed by atoms with van der Waals surface area (Å²) in [4.78, 5) is 22.0. The molecule has 0 saturated heterocycles. The molecule has 0 aromatic heterocycles. The maximum atomic E-state index is 11.7. The quantitative estimate of drug-likeness (QED) is 0.653. The Morgan fingerprint density at radius 3 is 2.38 bits per heavy atom. The van der Waals surface area contributed by atoms with Crippen LogP contribution in [0.15, 0.2) is 24.3 Å². The first-order valence-corrected chi connectivity index (χ1v) is 5.54. The number of benzene rings is 1. The van der Waals surface area contributed by atoms with Gasteiger partial charge < -0.3 is 10.2 Å². The minimum Gasteiger partial charge on any atom is -0.479 e. The SMILES string of the molecule is CC(Br)C(=O)c1ccccc1C(O)C(=O)O. The third-order valence-corrected chi connectivity index (χ3v) is 2.53. The van der Waals surface area contributed by atoms with Crippen molar-refractivity contribution in [3.8, 4) is 0 Å². The average Bonchev–Trinajstić information content (AvgIpc) is 2.26. The zero-order valence-electron chi connectivity index (χ0n) is 8.55. The summed E-state index contributed by atoms with van der Waals surface area (Å²) in [6.07, 6.45) is -1.67. The molecule has 0 fully saturated rings. The Hall–Kier alpha value is -1.20. The van der Waals surface area contributed by atoms with Crippen molar-refractivity contribution in [3.05, 3.63) is 35.4 Å². The fraction of sp³-hybridized carbons (Fsp3) is 0.273. The van der Waals surface area contributed by atoms with Gasteiger partial charge in [-0.3, -0.25) is 4.79 Å². The fourth-order valence-corrected chi connectivity index (χ4v) is 1.55. The van der Waals surface area contributed by atoms with Crippen LogP contribution >= 0.6 is 15.9 Å². The zero-order chi connectivity index (χ0) is 12.3. The van der Waals surface area contributed by atoms with Gasteiger partial charge in [0.25, 0.3) is 0 Å². The maximum Gasteiger partial charge on any atom is 0.337 e. The Morgan fingerprint density at radius 1 is 1.31 bits per heavy atom. The van der Waals surface area contributed by atoms with Gasteiger partial charge in [-0.25, -0.2) is 4.79 Å². The fourth-order valence-electron chi connectivity index (χ4n) is 1.31. The van der Waals surface area contributed by atoms with Gasteiger partial charge in [-0.05, 0) is 6.92 Å². The summed E-state index contributed by atoms with van der Waals surface area (Å²) in [6, 6.07) is 6.14. The van der Waals surface area contributed by atoms with Gasteiger partial charge in [0.15, 0.2) is 11.9 Å². The highest BCUT2D eigenvalue weighted by Crippen LogP contribution is 2.21. The lowest BCUT2D eigenvalue weighted by molar-refractivity contribution is -0.146. The Morgan fingerprint density at radius 2 is 1.88 bits per heavy atom. The van der Waals surface area contributed by atoms with Gasteiger partial charge in [-0.1, -0.05) is 40.2 Å². The highest BCUT2D eigenvalue weighted by molar-refractivity contribution is 9.10. The number of hydrogen-bond acceptors (Lipinski definition) is 3. The van der Waals surface area contributed by atoms with Crippen LogP contribution in [0, 0.1) is 0 Å². The summed E-state index contributed by atoms with van der Waals surface area (Å²) in [7, 11) is 0. The van der Waals surface area contributed by atoms with Crippen LogP contribution in [-0.2, 0) is 4.79 Å². The van der Waals surface area contributed by atoms with Crippen molar-refractivity contribution >= 4 is 27.7 Å². The molecule has 0 aliphatic carbocycles. The first kappa shape index (κ1) is 12.9. The standard InChI is InChI=1S/C11H11BrO4/c1-6(12)9(13)7-4-2-3-5-8(7)10(14)11(15)16/h2-6,10,14H,1H3,(H,15,16). The molecule has 0 spiro atoms. The lowest BCUT2D eigenvalue weighted by Gasteiger charge is -2.12.